The Morgan fingerprint density at radius 3 is 2.73 bits per heavy atom. The summed E-state index contributed by atoms with van der Waals surface area (Å²) in [6.45, 7) is 0. The molecule has 0 bridgehead atoms. The number of fused-ring (bicyclic) bond motifs is 7. The van der Waals surface area contributed by atoms with Crippen molar-refractivity contribution in [2.45, 2.75) is 6.42 Å². The number of rotatable bonds is 0. The lowest BCUT2D eigenvalue weighted by Crippen LogP contribution is -2.18. The lowest BCUT2D eigenvalue weighted by atomic mass is 9.92. The summed E-state index contributed by atoms with van der Waals surface area (Å²) in [6, 6.07) is 12.9. The van der Waals surface area contributed by atoms with E-state index in [0.717, 1.165) is 16.3 Å². The van der Waals surface area contributed by atoms with Crippen LogP contribution in [0.25, 0.3) is 33.7 Å². The summed E-state index contributed by atoms with van der Waals surface area (Å²) < 4.78 is 0. The molecule has 2 heteroatoms. The number of aliphatic hydroxyl groups excluding tert-OH is 1. The van der Waals surface area contributed by atoms with Gasteiger partial charge in [-0.25, -0.2) is 0 Å². The number of allylic oxidation sites excluding steroid dienone is 2. The number of hydrogen-bond donors (Lipinski definition) is 1. The molecule has 0 unspecified atom stereocenters. The highest BCUT2D eigenvalue weighted by Gasteiger charge is 2.15. The zero-order chi connectivity index (χ0) is 14.7. The average Bonchev–Trinajstić information content (AvgIpc) is 3.01. The number of nitrogens with zero attached hydrogens (tertiary/aromatic N) is 1. The molecule has 0 spiro atoms. The molecule has 22 heavy (non-hydrogen) atoms. The van der Waals surface area contributed by atoms with E-state index in [0.29, 0.717) is 12.2 Å². The number of aliphatic hydroxyl groups is 1. The van der Waals surface area contributed by atoms with E-state index in [1.807, 2.05) is 6.07 Å². The minimum absolute atomic E-state index is 0.325. The SMILES string of the molecule is OC1=CN=c2c(c3ccccc3c3cc4c(cc23)=CC=C4)C1. The Morgan fingerprint density at radius 1 is 0.955 bits per heavy atom. The van der Waals surface area contributed by atoms with Crippen LogP contribution in [0, 0.1) is 0 Å². The Kier molecular flexibility index (Phi) is 2.18. The van der Waals surface area contributed by atoms with Crippen molar-refractivity contribution in [3.05, 3.63) is 76.1 Å². The Morgan fingerprint density at radius 2 is 1.82 bits per heavy atom. The molecule has 0 fully saturated rings. The molecule has 0 atom stereocenters. The van der Waals surface area contributed by atoms with Gasteiger partial charge < -0.3 is 5.11 Å². The maximum atomic E-state index is 9.89. The van der Waals surface area contributed by atoms with Crippen LogP contribution < -0.4 is 10.6 Å². The van der Waals surface area contributed by atoms with Crippen LogP contribution in [0.15, 0.2) is 59.4 Å². The van der Waals surface area contributed by atoms with Crippen molar-refractivity contribution in [1.29, 1.82) is 0 Å². The summed E-state index contributed by atoms with van der Waals surface area (Å²) in [6.07, 6.45) is 8.49. The Hall–Kier alpha value is -2.87. The van der Waals surface area contributed by atoms with Crippen molar-refractivity contribution >= 4 is 33.7 Å². The fourth-order valence-corrected chi connectivity index (χ4v) is 3.56. The van der Waals surface area contributed by atoms with Crippen LogP contribution in [0.3, 0.4) is 0 Å². The lowest BCUT2D eigenvalue weighted by Gasteiger charge is -2.14. The van der Waals surface area contributed by atoms with Crippen molar-refractivity contribution in [1.82, 2.24) is 0 Å². The second-order valence-electron chi connectivity index (χ2n) is 5.85. The third kappa shape index (κ3) is 1.47. The first-order valence-electron chi connectivity index (χ1n) is 7.43. The van der Waals surface area contributed by atoms with Gasteiger partial charge in [-0.2, -0.15) is 0 Å². The van der Waals surface area contributed by atoms with Gasteiger partial charge in [0.25, 0.3) is 0 Å². The molecule has 0 saturated heterocycles. The van der Waals surface area contributed by atoms with Gasteiger partial charge in [0, 0.05) is 11.8 Å². The fraction of sp³-hybridized carbons (Fsp3) is 0.0500. The van der Waals surface area contributed by atoms with Crippen molar-refractivity contribution < 1.29 is 5.11 Å². The van der Waals surface area contributed by atoms with Crippen LogP contribution in [-0.4, -0.2) is 5.11 Å². The first-order chi connectivity index (χ1) is 10.8. The highest BCUT2D eigenvalue weighted by atomic mass is 16.3. The van der Waals surface area contributed by atoms with Crippen LogP contribution in [0.4, 0.5) is 0 Å². The van der Waals surface area contributed by atoms with Crippen LogP contribution in [-0.2, 0) is 6.42 Å². The molecule has 0 aromatic heterocycles. The van der Waals surface area contributed by atoms with Gasteiger partial charge in [0.05, 0.1) is 11.6 Å². The zero-order valence-corrected chi connectivity index (χ0v) is 11.9. The normalized spacial score (nSPS) is 15.2. The molecule has 2 nitrogen and oxygen atoms in total. The fourth-order valence-electron chi connectivity index (χ4n) is 3.56. The monoisotopic (exact) mass is 283 g/mol. The van der Waals surface area contributed by atoms with Gasteiger partial charge in [-0.05, 0) is 44.6 Å². The molecule has 0 radical (unpaired) electrons. The Balaban J connectivity index is 2.11. The highest BCUT2D eigenvalue weighted by Crippen LogP contribution is 2.28. The molecule has 1 aliphatic heterocycles. The summed E-state index contributed by atoms with van der Waals surface area (Å²) in [7, 11) is 0. The average molecular weight is 283 g/mol. The van der Waals surface area contributed by atoms with E-state index in [4.69, 9.17) is 0 Å². The number of benzene rings is 3. The Bertz CT molecular complexity index is 1150. The van der Waals surface area contributed by atoms with E-state index < -0.39 is 0 Å². The molecular formula is C20H13NO. The van der Waals surface area contributed by atoms with Gasteiger partial charge in [0.2, 0.25) is 0 Å². The quantitative estimate of drug-likeness (QED) is 0.630. The van der Waals surface area contributed by atoms with E-state index in [1.165, 1.54) is 26.9 Å². The predicted molar refractivity (Wildman–Crippen MR) is 90.1 cm³/mol. The standard InChI is InChI=1S/C20H13NO/c22-14-10-19-16-7-2-1-6-15(16)17-8-12-4-3-5-13(12)9-18(17)20(19)21-11-14/h1-9,11,22H,10H2. The van der Waals surface area contributed by atoms with Gasteiger partial charge in [-0.3, -0.25) is 4.99 Å². The topological polar surface area (TPSA) is 32.6 Å². The molecular weight excluding hydrogens is 270 g/mol. The molecule has 3 aromatic carbocycles. The van der Waals surface area contributed by atoms with E-state index in [-0.39, 0.29) is 0 Å². The van der Waals surface area contributed by atoms with E-state index >= 15 is 0 Å². The van der Waals surface area contributed by atoms with E-state index in [1.54, 1.807) is 6.20 Å². The van der Waals surface area contributed by atoms with Gasteiger partial charge in [-0.1, -0.05) is 42.5 Å². The van der Waals surface area contributed by atoms with E-state index in [9.17, 15) is 5.11 Å². The van der Waals surface area contributed by atoms with Crippen molar-refractivity contribution in [3.63, 3.8) is 0 Å². The molecule has 0 saturated carbocycles. The molecule has 2 aliphatic rings. The van der Waals surface area contributed by atoms with Crippen molar-refractivity contribution in [2.24, 2.45) is 4.99 Å². The van der Waals surface area contributed by atoms with Crippen molar-refractivity contribution in [3.8, 4) is 0 Å². The maximum Gasteiger partial charge on any atom is 0.115 e. The molecule has 104 valence electrons. The van der Waals surface area contributed by atoms with Crippen LogP contribution in [0.5, 0.6) is 0 Å². The molecule has 0 amide bonds. The molecule has 3 aromatic rings. The largest absolute Gasteiger partial charge is 0.510 e. The highest BCUT2D eigenvalue weighted by molar-refractivity contribution is 6.09. The second kappa shape index (κ2) is 4.08. The van der Waals surface area contributed by atoms with Gasteiger partial charge in [0.1, 0.15) is 5.76 Å². The minimum Gasteiger partial charge on any atom is -0.510 e. The molecule has 1 aliphatic carbocycles. The Labute approximate surface area is 127 Å². The summed E-state index contributed by atoms with van der Waals surface area (Å²) >= 11 is 0. The summed E-state index contributed by atoms with van der Waals surface area (Å²) in [5, 5.41) is 16.9. The smallest absolute Gasteiger partial charge is 0.115 e. The lowest BCUT2D eigenvalue weighted by molar-refractivity contribution is 0.394. The van der Waals surface area contributed by atoms with Gasteiger partial charge in [0.15, 0.2) is 0 Å². The summed E-state index contributed by atoms with van der Waals surface area (Å²) in [5.41, 5.74) is 2.38. The number of hydrogen-bond acceptors (Lipinski definition) is 2. The first kappa shape index (κ1) is 11.8. The second-order valence-corrected chi connectivity index (χ2v) is 5.85. The molecule has 5 rings (SSSR count). The van der Waals surface area contributed by atoms with Crippen LogP contribution in [0.1, 0.15) is 11.1 Å². The van der Waals surface area contributed by atoms with Crippen LogP contribution >= 0.6 is 0 Å². The van der Waals surface area contributed by atoms with Gasteiger partial charge >= 0.3 is 0 Å². The first-order valence-corrected chi connectivity index (χ1v) is 7.43. The third-order valence-electron chi connectivity index (χ3n) is 4.56. The summed E-state index contributed by atoms with van der Waals surface area (Å²) in [4.78, 5) is 4.53. The molecule has 1 heterocycles. The van der Waals surface area contributed by atoms with Gasteiger partial charge in [-0.15, -0.1) is 0 Å². The predicted octanol–water partition coefficient (Wildman–Crippen LogP) is 3.38. The maximum absolute atomic E-state index is 9.89. The minimum atomic E-state index is 0.325. The van der Waals surface area contributed by atoms with Crippen molar-refractivity contribution in [2.75, 3.05) is 0 Å². The van der Waals surface area contributed by atoms with E-state index in [2.05, 4.69) is 53.6 Å². The third-order valence-corrected chi connectivity index (χ3v) is 4.56. The van der Waals surface area contributed by atoms with Crippen LogP contribution in [0.2, 0.25) is 0 Å². The zero-order valence-electron chi connectivity index (χ0n) is 11.9. The summed E-state index contributed by atoms with van der Waals surface area (Å²) in [5.74, 6) is 0.325. The molecule has 1 N–H and O–H groups in total.